The number of hydrogen-bond donors (Lipinski definition) is 1. The Morgan fingerprint density at radius 3 is 2.29 bits per heavy atom. The van der Waals surface area contributed by atoms with Crippen LogP contribution in [0.25, 0.3) is 0 Å². The van der Waals surface area contributed by atoms with Crippen molar-refractivity contribution in [2.45, 2.75) is 26.0 Å². The van der Waals surface area contributed by atoms with Gasteiger partial charge in [0.25, 0.3) is 0 Å². The summed E-state index contributed by atoms with van der Waals surface area (Å²) >= 11 is 0. The van der Waals surface area contributed by atoms with Gasteiger partial charge in [-0.2, -0.15) is 0 Å². The fourth-order valence-electron chi connectivity index (χ4n) is 2.07. The second-order valence-electron chi connectivity index (χ2n) is 4.89. The Labute approximate surface area is 126 Å². The van der Waals surface area contributed by atoms with Crippen LogP contribution in [-0.2, 0) is 16.1 Å². The van der Waals surface area contributed by atoms with E-state index in [0.717, 1.165) is 11.1 Å². The standard InChI is InChI=1S/C18H21NO2/c1-2-18(20)19-17(16-11-7-4-8-12-16)14-21-13-15-9-5-3-6-10-15/h3-12,17H,2,13-14H2,1H3,(H,19,20). The highest BCUT2D eigenvalue weighted by atomic mass is 16.5. The molecule has 0 aliphatic rings. The smallest absolute Gasteiger partial charge is 0.220 e. The molecule has 1 N–H and O–H groups in total. The van der Waals surface area contributed by atoms with Crippen molar-refractivity contribution in [1.29, 1.82) is 0 Å². The van der Waals surface area contributed by atoms with Crippen LogP contribution in [0.4, 0.5) is 0 Å². The highest BCUT2D eigenvalue weighted by molar-refractivity contribution is 5.76. The summed E-state index contributed by atoms with van der Waals surface area (Å²) in [7, 11) is 0. The normalized spacial score (nSPS) is 11.9. The fraction of sp³-hybridized carbons (Fsp3) is 0.278. The van der Waals surface area contributed by atoms with Crippen molar-refractivity contribution in [3.05, 3.63) is 71.8 Å². The summed E-state index contributed by atoms with van der Waals surface area (Å²) in [6.45, 7) is 2.86. The Balaban J connectivity index is 1.94. The Kier molecular flexibility index (Phi) is 5.98. The first kappa shape index (κ1) is 15.3. The highest BCUT2D eigenvalue weighted by Crippen LogP contribution is 2.14. The van der Waals surface area contributed by atoms with E-state index in [2.05, 4.69) is 5.32 Å². The van der Waals surface area contributed by atoms with Gasteiger partial charge in [0.05, 0.1) is 19.3 Å². The van der Waals surface area contributed by atoms with Gasteiger partial charge in [0.1, 0.15) is 0 Å². The molecule has 0 aliphatic heterocycles. The maximum atomic E-state index is 11.7. The molecule has 0 radical (unpaired) electrons. The summed E-state index contributed by atoms with van der Waals surface area (Å²) in [4.78, 5) is 11.7. The largest absolute Gasteiger partial charge is 0.374 e. The molecule has 0 fully saturated rings. The Hall–Kier alpha value is -2.13. The molecule has 2 rings (SSSR count). The number of carbonyl (C=O) groups is 1. The number of carbonyl (C=O) groups excluding carboxylic acids is 1. The van der Waals surface area contributed by atoms with E-state index in [1.165, 1.54) is 0 Å². The third-order valence-electron chi connectivity index (χ3n) is 3.25. The van der Waals surface area contributed by atoms with Crippen molar-refractivity contribution in [1.82, 2.24) is 5.32 Å². The number of rotatable bonds is 7. The van der Waals surface area contributed by atoms with Gasteiger partial charge in [0.15, 0.2) is 0 Å². The minimum Gasteiger partial charge on any atom is -0.374 e. The van der Waals surface area contributed by atoms with E-state index in [-0.39, 0.29) is 11.9 Å². The van der Waals surface area contributed by atoms with Crippen molar-refractivity contribution in [3.63, 3.8) is 0 Å². The van der Waals surface area contributed by atoms with Crippen molar-refractivity contribution < 1.29 is 9.53 Å². The van der Waals surface area contributed by atoms with Crippen LogP contribution in [0.3, 0.4) is 0 Å². The van der Waals surface area contributed by atoms with Gasteiger partial charge in [-0.05, 0) is 11.1 Å². The van der Waals surface area contributed by atoms with Gasteiger partial charge in [0, 0.05) is 6.42 Å². The van der Waals surface area contributed by atoms with Crippen molar-refractivity contribution in [2.24, 2.45) is 0 Å². The molecule has 3 nitrogen and oxygen atoms in total. The molecule has 0 saturated heterocycles. The Morgan fingerprint density at radius 2 is 1.67 bits per heavy atom. The van der Waals surface area contributed by atoms with Gasteiger partial charge in [0.2, 0.25) is 5.91 Å². The lowest BCUT2D eigenvalue weighted by atomic mass is 10.1. The van der Waals surface area contributed by atoms with Crippen molar-refractivity contribution in [2.75, 3.05) is 6.61 Å². The lowest BCUT2D eigenvalue weighted by molar-refractivity contribution is -0.122. The number of benzene rings is 2. The predicted molar refractivity (Wildman–Crippen MR) is 83.7 cm³/mol. The fourth-order valence-corrected chi connectivity index (χ4v) is 2.07. The highest BCUT2D eigenvalue weighted by Gasteiger charge is 2.13. The molecule has 1 amide bonds. The topological polar surface area (TPSA) is 38.3 Å². The van der Waals surface area contributed by atoms with E-state index in [1.54, 1.807) is 0 Å². The molecule has 21 heavy (non-hydrogen) atoms. The van der Waals surface area contributed by atoms with Crippen molar-refractivity contribution in [3.8, 4) is 0 Å². The zero-order valence-corrected chi connectivity index (χ0v) is 12.3. The predicted octanol–water partition coefficient (Wildman–Crippen LogP) is 3.47. The van der Waals surface area contributed by atoms with Gasteiger partial charge in [-0.1, -0.05) is 67.6 Å². The molecule has 2 aromatic carbocycles. The third kappa shape index (κ3) is 5.04. The van der Waals surface area contributed by atoms with Crippen LogP contribution in [0.1, 0.15) is 30.5 Å². The van der Waals surface area contributed by atoms with E-state index in [1.807, 2.05) is 67.6 Å². The number of nitrogens with one attached hydrogen (secondary N) is 1. The molecule has 0 aliphatic carbocycles. The second-order valence-corrected chi connectivity index (χ2v) is 4.89. The van der Waals surface area contributed by atoms with Gasteiger partial charge in [-0.15, -0.1) is 0 Å². The number of amides is 1. The van der Waals surface area contributed by atoms with Crippen LogP contribution in [0, 0.1) is 0 Å². The molecular weight excluding hydrogens is 262 g/mol. The van der Waals surface area contributed by atoms with Gasteiger partial charge >= 0.3 is 0 Å². The van der Waals surface area contributed by atoms with Crippen LogP contribution in [0.15, 0.2) is 60.7 Å². The van der Waals surface area contributed by atoms with Crippen LogP contribution < -0.4 is 5.32 Å². The summed E-state index contributed by atoms with van der Waals surface area (Å²) in [6, 6.07) is 19.8. The monoisotopic (exact) mass is 283 g/mol. The van der Waals surface area contributed by atoms with Gasteiger partial charge in [-0.25, -0.2) is 0 Å². The first-order valence-electron chi connectivity index (χ1n) is 7.25. The molecule has 110 valence electrons. The first-order valence-corrected chi connectivity index (χ1v) is 7.25. The SMILES string of the molecule is CCC(=O)NC(COCc1ccccc1)c1ccccc1. The lowest BCUT2D eigenvalue weighted by Gasteiger charge is -2.19. The van der Waals surface area contributed by atoms with E-state index < -0.39 is 0 Å². The molecule has 0 heterocycles. The molecule has 0 bridgehead atoms. The summed E-state index contributed by atoms with van der Waals surface area (Å²) in [5.41, 5.74) is 2.19. The summed E-state index contributed by atoms with van der Waals surface area (Å²) < 4.78 is 5.77. The Morgan fingerprint density at radius 1 is 1.05 bits per heavy atom. The number of ether oxygens (including phenoxy) is 1. The van der Waals surface area contributed by atoms with E-state index >= 15 is 0 Å². The van der Waals surface area contributed by atoms with Gasteiger partial charge < -0.3 is 10.1 Å². The maximum Gasteiger partial charge on any atom is 0.220 e. The van der Waals surface area contributed by atoms with Gasteiger partial charge in [-0.3, -0.25) is 4.79 Å². The number of hydrogen-bond acceptors (Lipinski definition) is 2. The van der Waals surface area contributed by atoms with Crippen LogP contribution in [-0.4, -0.2) is 12.5 Å². The molecule has 0 saturated carbocycles. The Bertz CT molecular complexity index is 540. The molecule has 0 spiro atoms. The van der Waals surface area contributed by atoms with E-state index in [9.17, 15) is 4.79 Å². The minimum absolute atomic E-state index is 0.0344. The van der Waals surface area contributed by atoms with Crippen LogP contribution in [0.5, 0.6) is 0 Å². The van der Waals surface area contributed by atoms with Crippen molar-refractivity contribution >= 4 is 5.91 Å². The van der Waals surface area contributed by atoms with Crippen LogP contribution in [0.2, 0.25) is 0 Å². The molecule has 0 aromatic heterocycles. The third-order valence-corrected chi connectivity index (χ3v) is 3.25. The molecule has 3 heteroatoms. The van der Waals surface area contributed by atoms with E-state index in [4.69, 9.17) is 4.74 Å². The summed E-state index contributed by atoms with van der Waals surface area (Å²) in [5.74, 6) is 0.0344. The summed E-state index contributed by atoms with van der Waals surface area (Å²) in [5, 5.41) is 3.01. The van der Waals surface area contributed by atoms with Crippen LogP contribution >= 0.6 is 0 Å². The first-order chi connectivity index (χ1) is 10.3. The zero-order valence-electron chi connectivity index (χ0n) is 12.3. The zero-order chi connectivity index (χ0) is 14.9. The molecule has 1 atom stereocenters. The molecular formula is C18H21NO2. The second kappa shape index (κ2) is 8.22. The maximum absolute atomic E-state index is 11.7. The average molecular weight is 283 g/mol. The minimum atomic E-state index is -0.109. The van der Waals surface area contributed by atoms with E-state index in [0.29, 0.717) is 19.6 Å². The summed E-state index contributed by atoms with van der Waals surface area (Å²) in [6.07, 6.45) is 0.474. The average Bonchev–Trinajstić information content (AvgIpc) is 2.55. The quantitative estimate of drug-likeness (QED) is 0.845. The molecule has 2 aromatic rings. The lowest BCUT2D eigenvalue weighted by Crippen LogP contribution is -2.30. The molecule has 1 unspecified atom stereocenters.